The van der Waals surface area contributed by atoms with E-state index in [0.717, 1.165) is 23.1 Å². The van der Waals surface area contributed by atoms with Crippen molar-refractivity contribution in [2.45, 2.75) is 19.0 Å². The molecule has 0 unspecified atom stereocenters. The standard InChI is InChI=1S/C24H22F4N4O2/c1-34-18-5-2-15(3-6-18)21-8-9-22(31-30-21)32-12-10-16(11-13-32)23(33)29-17-4-7-20(25)19(14-17)24(26,27)28/h2-9,14,16H,10-13H2,1H3,(H,29,33). The van der Waals surface area contributed by atoms with Crippen LogP contribution in [0.5, 0.6) is 5.75 Å². The molecule has 1 aliphatic heterocycles. The van der Waals surface area contributed by atoms with Crippen LogP contribution in [0.2, 0.25) is 0 Å². The maximum Gasteiger partial charge on any atom is 0.419 e. The van der Waals surface area contributed by atoms with Crippen LogP contribution in [-0.4, -0.2) is 36.3 Å². The normalized spacial score (nSPS) is 14.7. The molecule has 1 aliphatic rings. The summed E-state index contributed by atoms with van der Waals surface area (Å²) in [6.45, 7) is 1.09. The number of amides is 1. The third-order valence-corrected chi connectivity index (χ3v) is 5.77. The first-order chi connectivity index (χ1) is 16.2. The summed E-state index contributed by atoms with van der Waals surface area (Å²) in [4.78, 5) is 14.6. The van der Waals surface area contributed by atoms with Crippen molar-refractivity contribution >= 4 is 17.4 Å². The number of carbonyl (C=O) groups excluding carboxylic acids is 1. The Labute approximate surface area is 193 Å². The molecule has 1 aromatic heterocycles. The zero-order valence-corrected chi connectivity index (χ0v) is 18.3. The molecule has 10 heteroatoms. The van der Waals surface area contributed by atoms with Crippen LogP contribution in [0.3, 0.4) is 0 Å². The van der Waals surface area contributed by atoms with Crippen molar-refractivity contribution < 1.29 is 27.1 Å². The molecule has 0 aliphatic carbocycles. The minimum Gasteiger partial charge on any atom is -0.497 e. The van der Waals surface area contributed by atoms with Gasteiger partial charge in [0.25, 0.3) is 0 Å². The molecular formula is C24H22F4N4O2. The topological polar surface area (TPSA) is 67.3 Å². The van der Waals surface area contributed by atoms with Gasteiger partial charge >= 0.3 is 6.18 Å². The molecule has 6 nitrogen and oxygen atoms in total. The van der Waals surface area contributed by atoms with E-state index in [4.69, 9.17) is 4.74 Å². The molecule has 1 fully saturated rings. The Balaban J connectivity index is 1.34. The molecule has 178 valence electrons. The molecule has 0 spiro atoms. The van der Waals surface area contributed by atoms with Gasteiger partial charge in [0.05, 0.1) is 18.4 Å². The van der Waals surface area contributed by atoms with Crippen molar-refractivity contribution in [3.63, 3.8) is 0 Å². The molecule has 0 radical (unpaired) electrons. The van der Waals surface area contributed by atoms with E-state index in [0.29, 0.717) is 43.9 Å². The summed E-state index contributed by atoms with van der Waals surface area (Å²) in [7, 11) is 1.60. The van der Waals surface area contributed by atoms with Gasteiger partial charge in [0, 0.05) is 30.3 Å². The Morgan fingerprint density at radius 2 is 1.74 bits per heavy atom. The second kappa shape index (κ2) is 9.66. The number of carbonyl (C=O) groups is 1. The van der Waals surface area contributed by atoms with Crippen molar-refractivity contribution in [1.29, 1.82) is 0 Å². The Hall–Kier alpha value is -3.69. The van der Waals surface area contributed by atoms with Crippen LogP contribution in [0.1, 0.15) is 18.4 Å². The van der Waals surface area contributed by atoms with E-state index in [2.05, 4.69) is 15.5 Å². The molecule has 2 heterocycles. The summed E-state index contributed by atoms with van der Waals surface area (Å²) >= 11 is 0. The molecule has 2 aromatic carbocycles. The van der Waals surface area contributed by atoms with E-state index in [-0.39, 0.29) is 17.5 Å². The fourth-order valence-corrected chi connectivity index (χ4v) is 3.84. The fraction of sp³-hybridized carbons (Fsp3) is 0.292. The largest absolute Gasteiger partial charge is 0.497 e. The van der Waals surface area contributed by atoms with Crippen LogP contribution in [-0.2, 0) is 11.0 Å². The van der Waals surface area contributed by atoms with Crippen molar-refractivity contribution in [3.8, 4) is 17.0 Å². The van der Waals surface area contributed by atoms with Crippen LogP contribution < -0.4 is 15.0 Å². The van der Waals surface area contributed by atoms with Crippen LogP contribution in [0, 0.1) is 11.7 Å². The fourth-order valence-electron chi connectivity index (χ4n) is 3.84. The van der Waals surface area contributed by atoms with E-state index in [1.807, 2.05) is 41.3 Å². The Morgan fingerprint density at radius 1 is 1.03 bits per heavy atom. The predicted molar refractivity (Wildman–Crippen MR) is 119 cm³/mol. The lowest BCUT2D eigenvalue weighted by atomic mass is 9.95. The second-order valence-corrected chi connectivity index (χ2v) is 7.95. The van der Waals surface area contributed by atoms with Crippen molar-refractivity contribution in [2.24, 2.45) is 5.92 Å². The first kappa shape index (κ1) is 23.5. The van der Waals surface area contributed by atoms with E-state index < -0.39 is 17.6 Å². The molecule has 4 rings (SSSR count). The Morgan fingerprint density at radius 3 is 2.32 bits per heavy atom. The average molecular weight is 474 g/mol. The van der Waals surface area contributed by atoms with Crippen LogP contribution in [0.4, 0.5) is 29.1 Å². The van der Waals surface area contributed by atoms with E-state index >= 15 is 0 Å². The number of methoxy groups -OCH3 is 1. The van der Waals surface area contributed by atoms with Crippen molar-refractivity contribution in [2.75, 3.05) is 30.4 Å². The quantitative estimate of drug-likeness (QED) is 0.517. The lowest BCUT2D eigenvalue weighted by Gasteiger charge is -2.31. The highest BCUT2D eigenvalue weighted by atomic mass is 19.4. The number of alkyl halides is 3. The van der Waals surface area contributed by atoms with Gasteiger partial charge in [-0.3, -0.25) is 4.79 Å². The number of hydrogen-bond donors (Lipinski definition) is 1. The first-order valence-electron chi connectivity index (χ1n) is 10.7. The van der Waals surface area contributed by atoms with Gasteiger partial charge in [0.1, 0.15) is 11.6 Å². The second-order valence-electron chi connectivity index (χ2n) is 7.95. The van der Waals surface area contributed by atoms with Gasteiger partial charge in [-0.2, -0.15) is 13.2 Å². The lowest BCUT2D eigenvalue weighted by molar-refractivity contribution is -0.140. The number of piperidine rings is 1. The summed E-state index contributed by atoms with van der Waals surface area (Å²) in [5.74, 6) is -0.703. The smallest absolute Gasteiger partial charge is 0.419 e. The summed E-state index contributed by atoms with van der Waals surface area (Å²) in [6.07, 6.45) is -3.83. The number of nitrogens with zero attached hydrogens (tertiary/aromatic N) is 3. The average Bonchev–Trinajstić information content (AvgIpc) is 2.85. The maximum atomic E-state index is 13.5. The molecular weight excluding hydrogens is 452 g/mol. The predicted octanol–water partition coefficient (Wildman–Crippen LogP) is 5.17. The molecule has 0 saturated carbocycles. The lowest BCUT2D eigenvalue weighted by Crippen LogP contribution is -2.38. The first-order valence-corrected chi connectivity index (χ1v) is 10.7. The van der Waals surface area contributed by atoms with E-state index in [9.17, 15) is 22.4 Å². The molecule has 34 heavy (non-hydrogen) atoms. The number of hydrogen-bond acceptors (Lipinski definition) is 5. The summed E-state index contributed by atoms with van der Waals surface area (Å²) in [5, 5.41) is 11.1. The van der Waals surface area contributed by atoms with Gasteiger partial charge in [-0.15, -0.1) is 10.2 Å². The van der Waals surface area contributed by atoms with Crippen LogP contribution >= 0.6 is 0 Å². The van der Waals surface area contributed by atoms with Gasteiger partial charge in [0.2, 0.25) is 5.91 Å². The number of halogens is 4. The number of rotatable bonds is 5. The zero-order chi connectivity index (χ0) is 24.3. The van der Waals surface area contributed by atoms with Crippen molar-refractivity contribution in [3.05, 3.63) is 66.0 Å². The van der Waals surface area contributed by atoms with Crippen molar-refractivity contribution in [1.82, 2.24) is 10.2 Å². The maximum absolute atomic E-state index is 13.5. The summed E-state index contributed by atoms with van der Waals surface area (Å²) in [6, 6.07) is 13.7. The van der Waals surface area contributed by atoms with Crippen LogP contribution in [0.25, 0.3) is 11.3 Å². The minimum atomic E-state index is -4.83. The minimum absolute atomic E-state index is 0.0823. The Bertz CT molecular complexity index is 1140. The SMILES string of the molecule is COc1ccc(-c2ccc(N3CCC(C(=O)Nc4ccc(F)c(C(F)(F)F)c4)CC3)nn2)cc1. The molecule has 0 atom stereocenters. The molecule has 1 saturated heterocycles. The number of nitrogens with one attached hydrogen (secondary N) is 1. The third-order valence-electron chi connectivity index (χ3n) is 5.77. The van der Waals surface area contributed by atoms with Gasteiger partial charge in [0.15, 0.2) is 5.82 Å². The van der Waals surface area contributed by atoms with Gasteiger partial charge in [-0.1, -0.05) is 0 Å². The highest BCUT2D eigenvalue weighted by Gasteiger charge is 2.34. The molecule has 1 amide bonds. The summed E-state index contributed by atoms with van der Waals surface area (Å²) < 4.78 is 57.3. The highest BCUT2D eigenvalue weighted by molar-refractivity contribution is 5.92. The van der Waals surface area contributed by atoms with E-state index in [1.165, 1.54) is 0 Å². The van der Waals surface area contributed by atoms with Crippen LogP contribution in [0.15, 0.2) is 54.6 Å². The number of benzene rings is 2. The molecule has 1 N–H and O–H groups in total. The van der Waals surface area contributed by atoms with Gasteiger partial charge in [-0.05, 0) is 67.4 Å². The highest BCUT2D eigenvalue weighted by Crippen LogP contribution is 2.33. The van der Waals surface area contributed by atoms with Gasteiger partial charge < -0.3 is 15.0 Å². The summed E-state index contributed by atoms with van der Waals surface area (Å²) in [5.41, 5.74) is 0.140. The Kier molecular flexibility index (Phi) is 6.67. The third kappa shape index (κ3) is 5.27. The number of aromatic nitrogens is 2. The van der Waals surface area contributed by atoms with E-state index in [1.54, 1.807) is 7.11 Å². The molecule has 0 bridgehead atoms. The number of ether oxygens (including phenoxy) is 1. The zero-order valence-electron chi connectivity index (χ0n) is 18.3. The monoisotopic (exact) mass is 474 g/mol. The number of anilines is 2. The van der Waals surface area contributed by atoms with Gasteiger partial charge in [-0.25, -0.2) is 4.39 Å². The molecule has 3 aromatic rings.